The molecule has 2 heterocycles. The van der Waals surface area contributed by atoms with Crippen molar-refractivity contribution in [3.05, 3.63) is 28.4 Å². The molecule has 2 amide bonds. The zero-order valence-corrected chi connectivity index (χ0v) is 19.6. The summed E-state index contributed by atoms with van der Waals surface area (Å²) in [5.41, 5.74) is 6.42. The van der Waals surface area contributed by atoms with Crippen LogP contribution in [-0.4, -0.2) is 51.1 Å². The number of rotatable bonds is 11. The molecule has 1 aliphatic carbocycles. The maximum Gasteiger partial charge on any atom is 0.233 e. The molecule has 2 aromatic heterocycles. The first-order valence-electron chi connectivity index (χ1n) is 10.9. The Labute approximate surface area is 196 Å². The largest absolute Gasteiger partial charge is 0.375 e. The van der Waals surface area contributed by atoms with Crippen molar-refractivity contribution in [1.82, 2.24) is 25.3 Å². The number of anilines is 2. The van der Waals surface area contributed by atoms with Crippen molar-refractivity contribution in [3.8, 4) is 0 Å². The van der Waals surface area contributed by atoms with Gasteiger partial charge >= 0.3 is 0 Å². The van der Waals surface area contributed by atoms with E-state index in [1.807, 2.05) is 0 Å². The molecule has 180 valence electrons. The van der Waals surface area contributed by atoms with Gasteiger partial charge in [-0.2, -0.15) is 0 Å². The maximum absolute atomic E-state index is 15.2. The molecule has 1 atom stereocenters. The minimum atomic E-state index is -0.629. The molecule has 0 aromatic carbocycles. The number of nitrogen functional groups attached to an aromatic ring is 1. The standard InChI is InChI=1S/C21H30FN7O3S/c1-13-25-17(18(22)19(26-13)28(2)10-16-11-33-21(23)27-16)8-24-20(31)15(9-29(32)12-30)7-14-5-3-4-6-14/h11-12,14-15,32H,3-10H2,1-2H3,(H2,23,27)(H,24,31)/t15-/m1/s1. The second-order valence-electron chi connectivity index (χ2n) is 8.42. The molecular formula is C21H30FN7O3S. The van der Waals surface area contributed by atoms with Crippen LogP contribution in [-0.2, 0) is 22.7 Å². The first-order chi connectivity index (χ1) is 15.8. The normalized spacial score (nSPS) is 14.8. The maximum atomic E-state index is 15.2. The molecule has 2 aromatic rings. The molecule has 1 aliphatic rings. The molecular weight excluding hydrogens is 449 g/mol. The summed E-state index contributed by atoms with van der Waals surface area (Å²) in [6.07, 6.45) is 5.12. The summed E-state index contributed by atoms with van der Waals surface area (Å²) in [7, 11) is 1.69. The summed E-state index contributed by atoms with van der Waals surface area (Å²) in [4.78, 5) is 37.9. The number of halogens is 1. The van der Waals surface area contributed by atoms with E-state index in [1.165, 1.54) is 11.3 Å². The third-order valence-corrected chi connectivity index (χ3v) is 6.49. The van der Waals surface area contributed by atoms with Gasteiger partial charge in [0.1, 0.15) is 11.5 Å². The Hall–Kier alpha value is -2.86. The van der Waals surface area contributed by atoms with Gasteiger partial charge in [0.2, 0.25) is 12.3 Å². The van der Waals surface area contributed by atoms with Crippen LogP contribution in [0.1, 0.15) is 49.3 Å². The lowest BCUT2D eigenvalue weighted by Gasteiger charge is -2.23. The molecule has 0 bridgehead atoms. The molecule has 33 heavy (non-hydrogen) atoms. The molecule has 0 saturated heterocycles. The van der Waals surface area contributed by atoms with Crippen LogP contribution in [0, 0.1) is 24.6 Å². The monoisotopic (exact) mass is 479 g/mol. The van der Waals surface area contributed by atoms with E-state index >= 15 is 4.39 Å². The smallest absolute Gasteiger partial charge is 0.233 e. The summed E-state index contributed by atoms with van der Waals surface area (Å²) >= 11 is 1.31. The second kappa shape index (κ2) is 11.3. The zero-order valence-electron chi connectivity index (χ0n) is 18.8. The van der Waals surface area contributed by atoms with Gasteiger partial charge in [-0.15, -0.1) is 11.3 Å². The number of hydrogen-bond acceptors (Lipinski definition) is 9. The Morgan fingerprint density at radius 1 is 1.39 bits per heavy atom. The summed E-state index contributed by atoms with van der Waals surface area (Å²) in [5, 5.41) is 15.1. The Morgan fingerprint density at radius 2 is 2.12 bits per heavy atom. The highest BCUT2D eigenvalue weighted by Crippen LogP contribution is 2.30. The van der Waals surface area contributed by atoms with Gasteiger partial charge in [-0.1, -0.05) is 25.7 Å². The highest BCUT2D eigenvalue weighted by molar-refractivity contribution is 7.13. The first kappa shape index (κ1) is 24.8. The van der Waals surface area contributed by atoms with Crippen LogP contribution in [0.2, 0.25) is 0 Å². The van der Waals surface area contributed by atoms with Crippen LogP contribution in [0.25, 0.3) is 0 Å². The van der Waals surface area contributed by atoms with Crippen LogP contribution in [0.4, 0.5) is 15.3 Å². The van der Waals surface area contributed by atoms with E-state index in [2.05, 4.69) is 20.3 Å². The third kappa shape index (κ3) is 6.81. The molecule has 0 radical (unpaired) electrons. The fourth-order valence-electron chi connectivity index (χ4n) is 4.18. The van der Waals surface area contributed by atoms with Crippen molar-refractivity contribution < 1.29 is 19.2 Å². The SMILES string of the molecule is Cc1nc(CNC(=O)[C@H](CC2CCCC2)CN(O)C=O)c(F)c(N(C)Cc2csc(N)n2)n1. The van der Waals surface area contributed by atoms with Crippen molar-refractivity contribution in [2.24, 2.45) is 11.8 Å². The van der Waals surface area contributed by atoms with E-state index in [9.17, 15) is 14.8 Å². The lowest BCUT2D eigenvalue weighted by atomic mass is 9.92. The quantitative estimate of drug-likeness (QED) is 0.253. The number of carbonyl (C=O) groups is 2. The molecule has 10 nitrogen and oxygen atoms in total. The Balaban J connectivity index is 1.69. The van der Waals surface area contributed by atoms with E-state index in [0.717, 1.165) is 25.7 Å². The van der Waals surface area contributed by atoms with E-state index in [1.54, 1.807) is 24.3 Å². The van der Waals surface area contributed by atoms with Gasteiger partial charge in [0.15, 0.2) is 16.8 Å². The van der Waals surface area contributed by atoms with Crippen LogP contribution in [0.15, 0.2) is 5.38 Å². The van der Waals surface area contributed by atoms with Crippen molar-refractivity contribution in [2.45, 2.75) is 52.1 Å². The van der Waals surface area contributed by atoms with Gasteiger partial charge in [-0.25, -0.2) is 24.4 Å². The molecule has 12 heteroatoms. The number of thiazole rings is 1. The van der Waals surface area contributed by atoms with Gasteiger partial charge in [-0.05, 0) is 19.3 Å². The summed E-state index contributed by atoms with van der Waals surface area (Å²) in [6.45, 7) is 1.72. The van der Waals surface area contributed by atoms with E-state index in [4.69, 9.17) is 5.73 Å². The zero-order chi connectivity index (χ0) is 24.0. The molecule has 0 spiro atoms. The topological polar surface area (TPSA) is 138 Å². The van der Waals surface area contributed by atoms with Crippen molar-refractivity contribution in [2.75, 3.05) is 24.2 Å². The highest BCUT2D eigenvalue weighted by atomic mass is 32.1. The second-order valence-corrected chi connectivity index (χ2v) is 9.31. The van der Waals surface area contributed by atoms with Crippen molar-refractivity contribution in [3.63, 3.8) is 0 Å². The van der Waals surface area contributed by atoms with Crippen LogP contribution >= 0.6 is 11.3 Å². The predicted molar refractivity (Wildman–Crippen MR) is 122 cm³/mol. The summed E-state index contributed by atoms with van der Waals surface area (Å²) < 4.78 is 15.2. The molecule has 1 fully saturated rings. The van der Waals surface area contributed by atoms with E-state index in [-0.39, 0.29) is 36.9 Å². The van der Waals surface area contributed by atoms with E-state index in [0.29, 0.717) is 40.6 Å². The van der Waals surface area contributed by atoms with Crippen LogP contribution < -0.4 is 16.0 Å². The minimum absolute atomic E-state index is 0.0614. The number of nitrogens with two attached hydrogens (primary N) is 1. The van der Waals surface area contributed by atoms with Crippen molar-refractivity contribution in [1.29, 1.82) is 0 Å². The molecule has 0 unspecified atom stereocenters. The fraction of sp³-hybridized carbons (Fsp3) is 0.571. The first-order valence-corrected chi connectivity index (χ1v) is 11.8. The average molecular weight is 480 g/mol. The fourth-order valence-corrected chi connectivity index (χ4v) is 4.73. The Morgan fingerprint density at radius 3 is 2.76 bits per heavy atom. The van der Waals surface area contributed by atoms with Gasteiger partial charge in [0.05, 0.1) is 31.2 Å². The minimum Gasteiger partial charge on any atom is -0.375 e. The van der Waals surface area contributed by atoms with Gasteiger partial charge in [0, 0.05) is 12.4 Å². The number of hydroxylamine groups is 2. The third-order valence-electron chi connectivity index (χ3n) is 5.77. The average Bonchev–Trinajstić information content (AvgIpc) is 3.44. The molecule has 4 N–H and O–H groups in total. The molecule has 3 rings (SSSR count). The highest BCUT2D eigenvalue weighted by Gasteiger charge is 2.27. The summed E-state index contributed by atoms with van der Waals surface area (Å²) in [5.74, 6) is -0.735. The molecule has 0 aliphatic heterocycles. The number of carbonyl (C=O) groups excluding carboxylic acids is 2. The Kier molecular flexibility index (Phi) is 8.50. The molecule has 1 saturated carbocycles. The number of nitrogens with zero attached hydrogens (tertiary/aromatic N) is 5. The number of aromatic nitrogens is 3. The van der Waals surface area contributed by atoms with Gasteiger partial charge in [-0.3, -0.25) is 14.8 Å². The van der Waals surface area contributed by atoms with Gasteiger partial charge < -0.3 is 16.0 Å². The van der Waals surface area contributed by atoms with E-state index < -0.39 is 11.7 Å². The lowest BCUT2D eigenvalue weighted by Crippen LogP contribution is -2.38. The number of hydrogen-bond donors (Lipinski definition) is 3. The number of nitrogens with one attached hydrogen (secondary N) is 1. The number of amides is 2. The van der Waals surface area contributed by atoms with Crippen LogP contribution in [0.5, 0.6) is 0 Å². The lowest BCUT2D eigenvalue weighted by molar-refractivity contribution is -0.155. The Bertz CT molecular complexity index is 967. The number of aryl methyl sites for hydroxylation is 1. The summed E-state index contributed by atoms with van der Waals surface area (Å²) in [6, 6.07) is 0. The van der Waals surface area contributed by atoms with Crippen molar-refractivity contribution >= 4 is 34.6 Å². The predicted octanol–water partition coefficient (Wildman–Crippen LogP) is 2.26. The van der Waals surface area contributed by atoms with Gasteiger partial charge in [0.25, 0.3) is 0 Å². The van der Waals surface area contributed by atoms with Crippen LogP contribution in [0.3, 0.4) is 0 Å².